The summed E-state index contributed by atoms with van der Waals surface area (Å²) in [6.07, 6.45) is 5.32. The summed E-state index contributed by atoms with van der Waals surface area (Å²) in [5, 5.41) is 0. The van der Waals surface area contributed by atoms with Gasteiger partial charge in [0.05, 0.1) is 19.4 Å². The summed E-state index contributed by atoms with van der Waals surface area (Å²) in [7, 11) is 1.54. The first-order valence-electron chi connectivity index (χ1n) is 11.0. The fourth-order valence-corrected chi connectivity index (χ4v) is 4.65. The van der Waals surface area contributed by atoms with E-state index in [1.165, 1.54) is 13.3 Å². The van der Waals surface area contributed by atoms with Crippen LogP contribution in [-0.4, -0.2) is 34.7 Å². The Morgan fingerprint density at radius 2 is 1.94 bits per heavy atom. The molecule has 0 saturated carbocycles. The molecule has 174 valence electrons. The summed E-state index contributed by atoms with van der Waals surface area (Å²) in [6, 6.07) is 14.6. The van der Waals surface area contributed by atoms with Crippen molar-refractivity contribution in [2.45, 2.75) is 12.0 Å². The summed E-state index contributed by atoms with van der Waals surface area (Å²) in [5.74, 6) is 0.761. The van der Waals surface area contributed by atoms with Gasteiger partial charge in [-0.05, 0) is 48.0 Å². The SMILES string of the molecule is COc1nc(-c2cccnc2)cc2c1Oc1ccc(-c3cccnc3F)cc1[C@@]21CCOC(N)=N1. The molecule has 2 aliphatic heterocycles. The van der Waals surface area contributed by atoms with Gasteiger partial charge in [0, 0.05) is 47.3 Å². The Morgan fingerprint density at radius 1 is 1.06 bits per heavy atom. The fourth-order valence-electron chi connectivity index (χ4n) is 4.65. The average molecular weight is 469 g/mol. The summed E-state index contributed by atoms with van der Waals surface area (Å²) in [5.41, 5.74) is 9.11. The Kier molecular flexibility index (Phi) is 4.84. The molecule has 4 aromatic rings. The minimum absolute atomic E-state index is 0.0618. The third kappa shape index (κ3) is 3.35. The molecule has 1 aromatic carbocycles. The maximum Gasteiger partial charge on any atom is 0.283 e. The smallest absolute Gasteiger partial charge is 0.283 e. The van der Waals surface area contributed by atoms with Gasteiger partial charge in [0.2, 0.25) is 5.95 Å². The normalized spacial score (nSPS) is 18.1. The van der Waals surface area contributed by atoms with Crippen molar-refractivity contribution in [3.05, 3.63) is 84.2 Å². The highest BCUT2D eigenvalue weighted by Crippen LogP contribution is 2.55. The number of nitrogens with two attached hydrogens (primary N) is 1. The van der Waals surface area contributed by atoms with E-state index in [1.54, 1.807) is 36.7 Å². The van der Waals surface area contributed by atoms with Crippen molar-refractivity contribution < 1.29 is 18.6 Å². The average Bonchev–Trinajstić information content (AvgIpc) is 2.89. The molecule has 3 aromatic heterocycles. The second kappa shape index (κ2) is 8.05. The van der Waals surface area contributed by atoms with Crippen LogP contribution in [0.25, 0.3) is 22.4 Å². The molecule has 0 aliphatic carbocycles. The van der Waals surface area contributed by atoms with Gasteiger partial charge in [0.15, 0.2) is 5.75 Å². The van der Waals surface area contributed by atoms with Crippen molar-refractivity contribution in [3.63, 3.8) is 0 Å². The lowest BCUT2D eigenvalue weighted by Gasteiger charge is -2.39. The number of methoxy groups -OCH3 is 1. The van der Waals surface area contributed by atoms with Crippen molar-refractivity contribution in [1.82, 2.24) is 15.0 Å². The molecule has 0 radical (unpaired) electrons. The van der Waals surface area contributed by atoms with Gasteiger partial charge in [-0.1, -0.05) is 6.07 Å². The van der Waals surface area contributed by atoms with Gasteiger partial charge >= 0.3 is 0 Å². The number of halogens is 1. The Bertz CT molecular complexity index is 1480. The standard InChI is InChI=1S/C26H20FN5O3/c1-33-24-22-19(13-20(31-24)16-4-2-9-29-14-16)26(8-11-34-25(28)32-26)18-12-15(6-7-21(18)35-22)17-5-3-10-30-23(17)27/h2-7,9-10,12-14H,8,11H2,1H3,(H2,28,32)/t26-/m0/s1. The molecule has 1 atom stereocenters. The quantitative estimate of drug-likeness (QED) is 0.442. The van der Waals surface area contributed by atoms with E-state index >= 15 is 0 Å². The summed E-state index contributed by atoms with van der Waals surface area (Å²) < 4.78 is 32.0. The highest BCUT2D eigenvalue weighted by molar-refractivity contribution is 5.77. The highest BCUT2D eigenvalue weighted by Gasteiger charge is 2.46. The number of pyridine rings is 3. The molecule has 0 fully saturated rings. The van der Waals surface area contributed by atoms with Crippen molar-refractivity contribution in [2.24, 2.45) is 10.7 Å². The third-order valence-corrected chi connectivity index (χ3v) is 6.26. The van der Waals surface area contributed by atoms with Crippen molar-refractivity contribution in [1.29, 1.82) is 0 Å². The van der Waals surface area contributed by atoms with E-state index in [0.717, 1.165) is 16.7 Å². The first kappa shape index (κ1) is 21.0. The van der Waals surface area contributed by atoms with Crippen molar-refractivity contribution >= 4 is 6.02 Å². The molecule has 35 heavy (non-hydrogen) atoms. The van der Waals surface area contributed by atoms with Gasteiger partial charge in [-0.25, -0.2) is 15.0 Å². The van der Waals surface area contributed by atoms with Crippen LogP contribution in [0.3, 0.4) is 0 Å². The monoisotopic (exact) mass is 469 g/mol. The molecule has 1 spiro atoms. The lowest BCUT2D eigenvalue weighted by molar-refractivity contribution is 0.217. The lowest BCUT2D eigenvalue weighted by Crippen LogP contribution is -2.38. The van der Waals surface area contributed by atoms with E-state index in [0.29, 0.717) is 47.2 Å². The molecule has 0 unspecified atom stereocenters. The largest absolute Gasteiger partial charge is 0.478 e. The maximum atomic E-state index is 14.5. The van der Waals surface area contributed by atoms with Crippen LogP contribution in [0.5, 0.6) is 17.4 Å². The van der Waals surface area contributed by atoms with E-state index in [-0.39, 0.29) is 6.02 Å². The number of benzene rings is 1. The number of hydrogen-bond donors (Lipinski definition) is 1. The lowest BCUT2D eigenvalue weighted by atomic mass is 9.77. The zero-order valence-electron chi connectivity index (χ0n) is 18.7. The Labute approximate surface area is 200 Å². The molecule has 9 heteroatoms. The molecule has 2 aliphatic rings. The van der Waals surface area contributed by atoms with Crippen LogP contribution >= 0.6 is 0 Å². The molecular formula is C26H20FN5O3. The van der Waals surface area contributed by atoms with Gasteiger partial charge in [-0.15, -0.1) is 0 Å². The van der Waals surface area contributed by atoms with E-state index < -0.39 is 11.5 Å². The molecule has 8 nitrogen and oxygen atoms in total. The molecular weight excluding hydrogens is 449 g/mol. The maximum absolute atomic E-state index is 14.5. The number of nitrogens with zero attached hydrogens (tertiary/aromatic N) is 4. The van der Waals surface area contributed by atoms with E-state index in [2.05, 4.69) is 15.0 Å². The molecule has 0 bridgehead atoms. The van der Waals surface area contributed by atoms with Crippen LogP contribution in [0.15, 0.2) is 72.1 Å². The number of amidine groups is 1. The Morgan fingerprint density at radius 3 is 2.71 bits per heavy atom. The topological polar surface area (TPSA) is 105 Å². The number of aromatic nitrogens is 3. The summed E-state index contributed by atoms with van der Waals surface area (Å²) >= 11 is 0. The van der Waals surface area contributed by atoms with Gasteiger partial charge in [0.25, 0.3) is 11.9 Å². The molecule has 5 heterocycles. The zero-order chi connectivity index (χ0) is 24.0. The predicted octanol–water partition coefficient (Wildman–Crippen LogP) is 4.44. The first-order chi connectivity index (χ1) is 17.1. The van der Waals surface area contributed by atoms with E-state index in [1.807, 2.05) is 24.3 Å². The highest BCUT2D eigenvalue weighted by atomic mass is 19.1. The number of ether oxygens (including phenoxy) is 3. The minimum atomic E-state index is -0.951. The Hall–Kier alpha value is -4.53. The second-order valence-electron chi connectivity index (χ2n) is 8.20. The van der Waals surface area contributed by atoms with Crippen LogP contribution < -0.4 is 15.2 Å². The number of fused-ring (bicyclic) bond motifs is 4. The molecule has 2 N–H and O–H groups in total. The third-order valence-electron chi connectivity index (χ3n) is 6.26. The molecule has 0 saturated heterocycles. The van der Waals surface area contributed by atoms with Crippen molar-refractivity contribution in [2.75, 3.05) is 13.7 Å². The Balaban J connectivity index is 1.62. The number of aliphatic imine (C=N–C) groups is 1. The first-order valence-corrected chi connectivity index (χ1v) is 11.0. The van der Waals surface area contributed by atoms with E-state index in [4.69, 9.17) is 24.9 Å². The van der Waals surface area contributed by atoms with Gasteiger partial charge in [-0.2, -0.15) is 4.39 Å². The summed E-state index contributed by atoms with van der Waals surface area (Å²) in [6.45, 7) is 0.340. The van der Waals surface area contributed by atoms with Crippen LogP contribution in [0.2, 0.25) is 0 Å². The van der Waals surface area contributed by atoms with Gasteiger partial charge in [-0.3, -0.25) is 4.98 Å². The van der Waals surface area contributed by atoms with Crippen LogP contribution in [-0.2, 0) is 10.3 Å². The predicted molar refractivity (Wildman–Crippen MR) is 127 cm³/mol. The fraction of sp³-hybridized carbons (Fsp3) is 0.154. The van der Waals surface area contributed by atoms with Gasteiger partial charge in [0.1, 0.15) is 11.3 Å². The minimum Gasteiger partial charge on any atom is -0.478 e. The van der Waals surface area contributed by atoms with Crippen molar-refractivity contribution in [3.8, 4) is 39.8 Å². The van der Waals surface area contributed by atoms with Gasteiger partial charge < -0.3 is 19.9 Å². The van der Waals surface area contributed by atoms with Crippen LogP contribution in [0.1, 0.15) is 17.5 Å². The molecule has 6 rings (SSSR count). The van der Waals surface area contributed by atoms with E-state index in [9.17, 15) is 4.39 Å². The molecule has 0 amide bonds. The van der Waals surface area contributed by atoms with Crippen LogP contribution in [0, 0.1) is 5.95 Å². The zero-order valence-corrected chi connectivity index (χ0v) is 18.7. The number of rotatable bonds is 3. The summed E-state index contributed by atoms with van der Waals surface area (Å²) in [4.78, 5) is 17.5. The number of hydrogen-bond acceptors (Lipinski definition) is 8. The second-order valence-corrected chi connectivity index (χ2v) is 8.20. The van der Waals surface area contributed by atoms with Crippen LogP contribution in [0.4, 0.5) is 4.39 Å².